The van der Waals surface area contributed by atoms with Gasteiger partial charge >= 0.3 is 0 Å². The Hall–Kier alpha value is -2.66. The molecule has 0 unspecified atom stereocenters. The van der Waals surface area contributed by atoms with Gasteiger partial charge < -0.3 is 10.6 Å². The second kappa shape index (κ2) is 6.69. The van der Waals surface area contributed by atoms with E-state index in [9.17, 15) is 4.79 Å². The number of anilines is 3. The number of aryl methyl sites for hydroxylation is 1. The molecule has 0 spiro atoms. The molecular weight excluding hydrogens is 330 g/mol. The molecule has 126 valence electrons. The molecule has 1 amide bonds. The Kier molecular flexibility index (Phi) is 4.24. The Morgan fingerprint density at radius 2 is 1.92 bits per heavy atom. The zero-order chi connectivity index (χ0) is 17.2. The van der Waals surface area contributed by atoms with E-state index < -0.39 is 0 Å². The van der Waals surface area contributed by atoms with Crippen molar-refractivity contribution in [3.05, 3.63) is 59.5 Å². The van der Waals surface area contributed by atoms with E-state index in [1.165, 1.54) is 5.56 Å². The maximum Gasteiger partial charge on any atom is 0.227 e. The number of hydrogen-bond acceptors (Lipinski definition) is 4. The molecule has 2 aromatic carbocycles. The number of aromatic nitrogens is 1. The summed E-state index contributed by atoms with van der Waals surface area (Å²) < 4.78 is 0. The minimum atomic E-state index is 0.122. The van der Waals surface area contributed by atoms with Gasteiger partial charge in [0.05, 0.1) is 5.69 Å². The summed E-state index contributed by atoms with van der Waals surface area (Å²) in [6.07, 6.45) is 2.01. The summed E-state index contributed by atoms with van der Waals surface area (Å²) in [6, 6.07) is 16.1. The van der Waals surface area contributed by atoms with Crippen LogP contribution in [0, 0.1) is 12.8 Å². The SMILES string of the molecule is Cc1cccc(Nc2nc(-c3cccc(NC(=O)C4CC4)c3)cs2)c1. The molecule has 0 aliphatic heterocycles. The van der Waals surface area contributed by atoms with Crippen molar-refractivity contribution in [1.29, 1.82) is 0 Å². The van der Waals surface area contributed by atoms with Crippen LogP contribution in [0.2, 0.25) is 0 Å². The van der Waals surface area contributed by atoms with Crippen LogP contribution in [-0.4, -0.2) is 10.9 Å². The minimum Gasteiger partial charge on any atom is -0.332 e. The van der Waals surface area contributed by atoms with Crippen molar-refractivity contribution >= 4 is 33.8 Å². The highest BCUT2D eigenvalue weighted by Crippen LogP contribution is 2.32. The van der Waals surface area contributed by atoms with E-state index in [4.69, 9.17) is 0 Å². The number of rotatable bonds is 5. The lowest BCUT2D eigenvalue weighted by Crippen LogP contribution is -2.13. The number of carbonyl (C=O) groups excluding carboxylic acids is 1. The molecule has 0 radical (unpaired) electrons. The molecule has 2 N–H and O–H groups in total. The molecule has 1 aliphatic carbocycles. The quantitative estimate of drug-likeness (QED) is 0.665. The van der Waals surface area contributed by atoms with Gasteiger partial charge in [0.2, 0.25) is 5.91 Å². The Morgan fingerprint density at radius 1 is 1.12 bits per heavy atom. The van der Waals surface area contributed by atoms with E-state index in [1.54, 1.807) is 11.3 Å². The minimum absolute atomic E-state index is 0.122. The van der Waals surface area contributed by atoms with Crippen LogP contribution in [-0.2, 0) is 4.79 Å². The summed E-state index contributed by atoms with van der Waals surface area (Å²) >= 11 is 1.57. The number of nitrogens with zero attached hydrogens (tertiary/aromatic N) is 1. The lowest BCUT2D eigenvalue weighted by Gasteiger charge is -2.06. The highest BCUT2D eigenvalue weighted by molar-refractivity contribution is 7.14. The Bertz CT molecular complexity index is 915. The van der Waals surface area contributed by atoms with E-state index in [-0.39, 0.29) is 11.8 Å². The van der Waals surface area contributed by atoms with Gasteiger partial charge in [0.25, 0.3) is 0 Å². The summed E-state index contributed by atoms with van der Waals surface area (Å²) in [5, 5.41) is 9.21. The molecule has 5 heteroatoms. The van der Waals surface area contributed by atoms with Crippen molar-refractivity contribution in [1.82, 2.24) is 4.98 Å². The Morgan fingerprint density at radius 3 is 2.72 bits per heavy atom. The normalized spacial score (nSPS) is 13.5. The van der Waals surface area contributed by atoms with Gasteiger partial charge in [0.15, 0.2) is 5.13 Å². The van der Waals surface area contributed by atoms with Gasteiger partial charge in [-0.3, -0.25) is 4.79 Å². The van der Waals surface area contributed by atoms with E-state index in [0.717, 1.165) is 40.6 Å². The number of carbonyl (C=O) groups is 1. The highest BCUT2D eigenvalue weighted by atomic mass is 32.1. The maximum absolute atomic E-state index is 11.9. The first-order valence-electron chi connectivity index (χ1n) is 8.38. The van der Waals surface area contributed by atoms with Gasteiger partial charge in [-0.05, 0) is 49.6 Å². The fraction of sp³-hybridized carbons (Fsp3) is 0.200. The van der Waals surface area contributed by atoms with Crippen LogP contribution in [0.3, 0.4) is 0 Å². The standard InChI is InChI=1S/C20H19N3OS/c1-13-4-2-6-16(10-13)22-20-23-18(12-25-20)15-5-3-7-17(11-15)21-19(24)14-8-9-14/h2-7,10-12,14H,8-9H2,1H3,(H,21,24)(H,22,23). The largest absolute Gasteiger partial charge is 0.332 e. The summed E-state index contributed by atoms with van der Waals surface area (Å²) in [7, 11) is 0. The fourth-order valence-electron chi connectivity index (χ4n) is 2.66. The number of amides is 1. The molecule has 4 rings (SSSR count). The summed E-state index contributed by atoms with van der Waals surface area (Å²) in [5.74, 6) is 0.324. The van der Waals surface area contributed by atoms with Crippen LogP contribution in [0.4, 0.5) is 16.5 Å². The number of thiazole rings is 1. The number of nitrogens with one attached hydrogen (secondary N) is 2. The monoisotopic (exact) mass is 349 g/mol. The van der Waals surface area contributed by atoms with E-state index in [0.29, 0.717) is 0 Å². The number of hydrogen-bond donors (Lipinski definition) is 2. The van der Waals surface area contributed by atoms with Crippen LogP contribution < -0.4 is 10.6 Å². The van der Waals surface area contributed by atoms with E-state index in [2.05, 4.69) is 34.7 Å². The third-order valence-corrected chi connectivity index (χ3v) is 4.91. The zero-order valence-electron chi connectivity index (χ0n) is 14.0. The average Bonchev–Trinajstić information content (AvgIpc) is 3.35. The van der Waals surface area contributed by atoms with E-state index in [1.807, 2.05) is 41.8 Å². The van der Waals surface area contributed by atoms with Crippen molar-refractivity contribution in [3.8, 4) is 11.3 Å². The van der Waals surface area contributed by atoms with Gasteiger partial charge in [-0.1, -0.05) is 24.3 Å². The molecule has 1 heterocycles. The van der Waals surface area contributed by atoms with Crippen molar-refractivity contribution < 1.29 is 4.79 Å². The zero-order valence-corrected chi connectivity index (χ0v) is 14.8. The first-order valence-corrected chi connectivity index (χ1v) is 9.26. The smallest absolute Gasteiger partial charge is 0.227 e. The molecule has 1 aromatic heterocycles. The average molecular weight is 349 g/mol. The van der Waals surface area contributed by atoms with Gasteiger partial charge in [0.1, 0.15) is 0 Å². The molecule has 3 aromatic rings. The molecular formula is C20H19N3OS. The molecule has 1 fully saturated rings. The second-order valence-electron chi connectivity index (χ2n) is 6.38. The van der Waals surface area contributed by atoms with Crippen LogP contribution in [0.25, 0.3) is 11.3 Å². The Labute approximate surface area is 150 Å². The van der Waals surface area contributed by atoms with Gasteiger partial charge in [-0.25, -0.2) is 4.98 Å². The van der Waals surface area contributed by atoms with Crippen molar-refractivity contribution in [3.63, 3.8) is 0 Å². The van der Waals surface area contributed by atoms with Crippen LogP contribution in [0.5, 0.6) is 0 Å². The first-order chi connectivity index (χ1) is 12.2. The van der Waals surface area contributed by atoms with Crippen LogP contribution in [0.15, 0.2) is 53.9 Å². The van der Waals surface area contributed by atoms with Crippen LogP contribution >= 0.6 is 11.3 Å². The van der Waals surface area contributed by atoms with Gasteiger partial charge in [0, 0.05) is 28.2 Å². The topological polar surface area (TPSA) is 54.0 Å². The number of benzene rings is 2. The maximum atomic E-state index is 11.9. The predicted molar refractivity (Wildman–Crippen MR) is 103 cm³/mol. The third-order valence-electron chi connectivity index (χ3n) is 4.15. The van der Waals surface area contributed by atoms with Gasteiger partial charge in [-0.15, -0.1) is 11.3 Å². The lowest BCUT2D eigenvalue weighted by atomic mass is 10.1. The third kappa shape index (κ3) is 3.88. The summed E-state index contributed by atoms with van der Waals surface area (Å²) in [4.78, 5) is 16.6. The molecule has 1 saturated carbocycles. The van der Waals surface area contributed by atoms with Crippen LogP contribution in [0.1, 0.15) is 18.4 Å². The van der Waals surface area contributed by atoms with Crippen molar-refractivity contribution in [2.24, 2.45) is 5.92 Å². The lowest BCUT2D eigenvalue weighted by molar-refractivity contribution is -0.117. The predicted octanol–water partition coefficient (Wildman–Crippen LogP) is 5.21. The molecule has 0 bridgehead atoms. The van der Waals surface area contributed by atoms with Crippen molar-refractivity contribution in [2.75, 3.05) is 10.6 Å². The van der Waals surface area contributed by atoms with E-state index >= 15 is 0 Å². The Balaban J connectivity index is 1.50. The molecule has 0 saturated heterocycles. The van der Waals surface area contributed by atoms with Crippen molar-refractivity contribution in [2.45, 2.75) is 19.8 Å². The summed E-state index contributed by atoms with van der Waals surface area (Å²) in [6.45, 7) is 2.07. The molecule has 4 nitrogen and oxygen atoms in total. The summed E-state index contributed by atoms with van der Waals surface area (Å²) in [5.41, 5.74) is 4.98. The fourth-order valence-corrected chi connectivity index (χ4v) is 3.40. The highest BCUT2D eigenvalue weighted by Gasteiger charge is 2.29. The molecule has 1 aliphatic rings. The molecule has 25 heavy (non-hydrogen) atoms. The second-order valence-corrected chi connectivity index (χ2v) is 7.23. The first kappa shape index (κ1) is 15.8. The molecule has 0 atom stereocenters. The van der Waals surface area contributed by atoms with Gasteiger partial charge in [-0.2, -0.15) is 0 Å².